The molecule has 39 heavy (non-hydrogen) atoms. The minimum absolute atomic E-state index is 0.115. The molecule has 2 atom stereocenters. The highest BCUT2D eigenvalue weighted by molar-refractivity contribution is 5.97. The van der Waals surface area contributed by atoms with Crippen LogP contribution in [-0.4, -0.2) is 83.3 Å². The molecule has 6 rings (SSSR count). The SMILES string of the molecule is CN(C)CCNCc1nc(OC[C@@]23CCCN2C[C@H](F)C3)nc2c(F)c(-c3cccc4ccccc34)ncc12. The molecule has 4 heterocycles. The monoisotopic (exact) mass is 532 g/mol. The number of fused-ring (bicyclic) bond motifs is 3. The molecule has 2 aromatic carbocycles. The molecule has 2 fully saturated rings. The summed E-state index contributed by atoms with van der Waals surface area (Å²) in [6, 6.07) is 13.8. The van der Waals surface area contributed by atoms with Gasteiger partial charge in [0.2, 0.25) is 0 Å². The summed E-state index contributed by atoms with van der Waals surface area (Å²) >= 11 is 0. The summed E-state index contributed by atoms with van der Waals surface area (Å²) in [5.41, 5.74) is 1.41. The Morgan fingerprint density at radius 3 is 2.85 bits per heavy atom. The molecule has 4 aromatic rings. The van der Waals surface area contributed by atoms with Crippen molar-refractivity contribution in [2.75, 3.05) is 46.9 Å². The standard InChI is InChI=1S/C30H34F2N6O/c1-37(2)14-12-33-17-25-24-16-34-27(23-10-5-8-20-7-3-4-9-22(20)23)26(32)28(24)36-29(35-25)39-19-30-11-6-13-38(30)18-21(31)15-30/h3-5,7-10,16,21,33H,6,11-15,17-19H2,1-2H3/t21-,30+/m1/s1. The summed E-state index contributed by atoms with van der Waals surface area (Å²) in [4.78, 5) is 18.1. The first kappa shape index (κ1) is 26.0. The van der Waals surface area contributed by atoms with Crippen LogP contribution in [0, 0.1) is 5.82 Å². The minimum Gasteiger partial charge on any atom is -0.461 e. The molecule has 2 aliphatic heterocycles. The van der Waals surface area contributed by atoms with Gasteiger partial charge in [-0.15, -0.1) is 0 Å². The van der Waals surface area contributed by atoms with Gasteiger partial charge >= 0.3 is 6.01 Å². The van der Waals surface area contributed by atoms with E-state index in [0.29, 0.717) is 36.2 Å². The number of hydrogen-bond acceptors (Lipinski definition) is 7. The summed E-state index contributed by atoms with van der Waals surface area (Å²) in [5, 5.41) is 5.86. The second kappa shape index (κ2) is 10.7. The van der Waals surface area contributed by atoms with E-state index in [2.05, 4.69) is 30.1 Å². The van der Waals surface area contributed by atoms with Gasteiger partial charge in [-0.25, -0.2) is 8.78 Å². The number of hydrogen-bond donors (Lipinski definition) is 1. The van der Waals surface area contributed by atoms with Crippen molar-refractivity contribution in [2.45, 2.75) is 37.5 Å². The first-order chi connectivity index (χ1) is 18.9. The van der Waals surface area contributed by atoms with E-state index in [1.165, 1.54) is 0 Å². The van der Waals surface area contributed by atoms with Crippen molar-refractivity contribution in [3.8, 4) is 17.3 Å². The average Bonchev–Trinajstić information content (AvgIpc) is 3.46. The van der Waals surface area contributed by atoms with Gasteiger partial charge in [0.1, 0.15) is 24.0 Å². The molecule has 0 unspecified atom stereocenters. The van der Waals surface area contributed by atoms with E-state index in [0.717, 1.165) is 43.2 Å². The first-order valence-corrected chi connectivity index (χ1v) is 13.6. The average molecular weight is 533 g/mol. The lowest BCUT2D eigenvalue weighted by Gasteiger charge is -2.30. The molecule has 2 aromatic heterocycles. The molecule has 0 radical (unpaired) electrons. The Bertz CT molecular complexity index is 1490. The largest absolute Gasteiger partial charge is 0.461 e. The van der Waals surface area contributed by atoms with Crippen LogP contribution in [0.4, 0.5) is 8.78 Å². The van der Waals surface area contributed by atoms with Crippen LogP contribution in [0.5, 0.6) is 6.01 Å². The van der Waals surface area contributed by atoms with Crippen LogP contribution in [-0.2, 0) is 6.54 Å². The second-order valence-electron chi connectivity index (χ2n) is 11.0. The third kappa shape index (κ3) is 5.06. The number of aromatic nitrogens is 3. The summed E-state index contributed by atoms with van der Waals surface area (Å²) in [7, 11) is 4.02. The van der Waals surface area contributed by atoms with Gasteiger partial charge in [0.15, 0.2) is 5.82 Å². The van der Waals surface area contributed by atoms with E-state index in [4.69, 9.17) is 4.74 Å². The van der Waals surface area contributed by atoms with Gasteiger partial charge in [-0.2, -0.15) is 9.97 Å². The number of likely N-dealkylation sites (N-methyl/N-ethyl adjacent to an activating group) is 1. The quantitative estimate of drug-likeness (QED) is 0.316. The molecular formula is C30H34F2N6O. The third-order valence-electron chi connectivity index (χ3n) is 8.05. The van der Waals surface area contributed by atoms with E-state index in [-0.39, 0.29) is 29.4 Å². The molecular weight excluding hydrogens is 498 g/mol. The Morgan fingerprint density at radius 2 is 1.97 bits per heavy atom. The maximum Gasteiger partial charge on any atom is 0.317 e. The van der Waals surface area contributed by atoms with Crippen molar-refractivity contribution in [1.29, 1.82) is 0 Å². The molecule has 0 saturated carbocycles. The van der Waals surface area contributed by atoms with Crippen molar-refractivity contribution in [1.82, 2.24) is 30.1 Å². The molecule has 1 N–H and O–H groups in total. The minimum atomic E-state index is -0.852. The summed E-state index contributed by atoms with van der Waals surface area (Å²) in [6.45, 7) is 3.62. The fourth-order valence-corrected chi connectivity index (χ4v) is 6.07. The third-order valence-corrected chi connectivity index (χ3v) is 8.05. The molecule has 0 amide bonds. The molecule has 0 spiro atoms. The Kier molecular flexibility index (Phi) is 7.14. The summed E-state index contributed by atoms with van der Waals surface area (Å²) in [6.07, 6.45) is 3.15. The van der Waals surface area contributed by atoms with Gasteiger partial charge in [-0.3, -0.25) is 9.88 Å². The van der Waals surface area contributed by atoms with Crippen LogP contribution in [0.2, 0.25) is 0 Å². The zero-order valence-corrected chi connectivity index (χ0v) is 22.5. The number of alkyl halides is 1. The van der Waals surface area contributed by atoms with Gasteiger partial charge in [0.05, 0.1) is 11.2 Å². The van der Waals surface area contributed by atoms with Crippen LogP contribution in [0.3, 0.4) is 0 Å². The molecule has 9 heteroatoms. The topological polar surface area (TPSA) is 66.4 Å². The lowest BCUT2D eigenvalue weighted by atomic mass is 9.95. The van der Waals surface area contributed by atoms with Crippen LogP contribution >= 0.6 is 0 Å². The normalized spacial score (nSPS) is 21.3. The highest BCUT2D eigenvalue weighted by atomic mass is 19.1. The maximum absolute atomic E-state index is 16.2. The number of pyridine rings is 1. The smallest absolute Gasteiger partial charge is 0.317 e. The first-order valence-electron chi connectivity index (χ1n) is 13.6. The summed E-state index contributed by atoms with van der Waals surface area (Å²) < 4.78 is 36.7. The molecule has 0 bridgehead atoms. The maximum atomic E-state index is 16.2. The number of ether oxygens (including phenoxy) is 1. The fourth-order valence-electron chi connectivity index (χ4n) is 6.07. The van der Waals surface area contributed by atoms with E-state index in [9.17, 15) is 4.39 Å². The Hall–Kier alpha value is -3.27. The van der Waals surface area contributed by atoms with Crippen molar-refractivity contribution in [3.63, 3.8) is 0 Å². The zero-order chi connectivity index (χ0) is 27.0. The Labute approximate surface area is 227 Å². The molecule has 2 saturated heterocycles. The number of benzene rings is 2. The molecule has 0 aliphatic carbocycles. The van der Waals surface area contributed by atoms with Crippen LogP contribution in [0.1, 0.15) is 25.0 Å². The number of rotatable bonds is 9. The van der Waals surface area contributed by atoms with Gasteiger partial charge in [0.25, 0.3) is 0 Å². The van der Waals surface area contributed by atoms with Crippen molar-refractivity contribution < 1.29 is 13.5 Å². The Morgan fingerprint density at radius 1 is 1.13 bits per heavy atom. The van der Waals surface area contributed by atoms with Crippen molar-refractivity contribution in [2.24, 2.45) is 0 Å². The van der Waals surface area contributed by atoms with Gasteiger partial charge in [-0.1, -0.05) is 42.5 Å². The van der Waals surface area contributed by atoms with Gasteiger partial charge < -0.3 is 15.0 Å². The van der Waals surface area contributed by atoms with E-state index in [1.54, 1.807) is 6.20 Å². The van der Waals surface area contributed by atoms with Gasteiger partial charge in [0, 0.05) is 49.7 Å². The fraction of sp³-hybridized carbons (Fsp3) is 0.433. The van der Waals surface area contributed by atoms with E-state index >= 15 is 4.39 Å². The van der Waals surface area contributed by atoms with E-state index in [1.807, 2.05) is 56.6 Å². The lowest BCUT2D eigenvalue weighted by Crippen LogP contribution is -2.43. The highest BCUT2D eigenvalue weighted by Gasteiger charge is 2.49. The molecule has 7 nitrogen and oxygen atoms in total. The second-order valence-corrected chi connectivity index (χ2v) is 11.0. The summed E-state index contributed by atoms with van der Waals surface area (Å²) in [5.74, 6) is -0.504. The van der Waals surface area contributed by atoms with E-state index < -0.39 is 12.0 Å². The number of nitrogens with zero attached hydrogens (tertiary/aromatic N) is 5. The van der Waals surface area contributed by atoms with Crippen LogP contribution < -0.4 is 10.1 Å². The van der Waals surface area contributed by atoms with Crippen LogP contribution in [0.25, 0.3) is 32.9 Å². The Balaban J connectivity index is 1.38. The van der Waals surface area contributed by atoms with Gasteiger partial charge in [-0.05, 0) is 44.3 Å². The van der Waals surface area contributed by atoms with Crippen molar-refractivity contribution in [3.05, 3.63) is 60.2 Å². The highest BCUT2D eigenvalue weighted by Crippen LogP contribution is 2.40. The van der Waals surface area contributed by atoms with Crippen LogP contribution in [0.15, 0.2) is 48.7 Å². The number of halogens is 2. The predicted molar refractivity (Wildman–Crippen MR) is 149 cm³/mol. The number of nitrogens with one attached hydrogen (secondary N) is 1. The zero-order valence-electron chi connectivity index (χ0n) is 22.5. The lowest BCUT2D eigenvalue weighted by molar-refractivity contribution is 0.107. The predicted octanol–water partition coefficient (Wildman–Crippen LogP) is 4.59. The molecule has 204 valence electrons. The van der Waals surface area contributed by atoms with Crippen molar-refractivity contribution >= 4 is 21.7 Å². The molecule has 2 aliphatic rings.